The molecule has 0 saturated carbocycles. The smallest absolute Gasteiger partial charge is 0.0650 e. The lowest BCUT2D eigenvalue weighted by molar-refractivity contribution is 0.526. The number of nitrogens with one attached hydrogen (secondary N) is 1. The molecule has 2 heterocycles. The zero-order valence-electron chi connectivity index (χ0n) is 12.2. The Kier molecular flexibility index (Phi) is 4.08. The van der Waals surface area contributed by atoms with Gasteiger partial charge in [0.05, 0.1) is 6.04 Å². The molecule has 20 heavy (non-hydrogen) atoms. The van der Waals surface area contributed by atoms with E-state index < -0.39 is 0 Å². The molecule has 2 atom stereocenters. The molecule has 1 unspecified atom stereocenters. The van der Waals surface area contributed by atoms with E-state index in [1.54, 1.807) is 0 Å². The van der Waals surface area contributed by atoms with Crippen molar-refractivity contribution in [3.05, 3.63) is 52.2 Å². The minimum atomic E-state index is 0.487. The van der Waals surface area contributed by atoms with Gasteiger partial charge in [0, 0.05) is 16.6 Å². The molecule has 3 heteroatoms. The highest BCUT2D eigenvalue weighted by Crippen LogP contribution is 2.40. The van der Waals surface area contributed by atoms with E-state index in [0.29, 0.717) is 12.1 Å². The molecule has 0 bridgehead atoms. The maximum absolute atomic E-state index is 3.30. The number of benzene rings is 1. The van der Waals surface area contributed by atoms with Crippen molar-refractivity contribution in [1.82, 2.24) is 5.32 Å². The van der Waals surface area contributed by atoms with Gasteiger partial charge in [-0.15, -0.1) is 11.3 Å². The SMILES string of the molecule is CNCCC(c1cccs1)N1c2ccccc2C[C@@H]1C. The summed E-state index contributed by atoms with van der Waals surface area (Å²) in [5.41, 5.74) is 2.92. The minimum absolute atomic E-state index is 0.487. The molecule has 106 valence electrons. The fraction of sp³-hybridized carbons (Fsp3) is 0.412. The molecule has 0 amide bonds. The van der Waals surface area contributed by atoms with Crippen LogP contribution in [0, 0.1) is 0 Å². The largest absolute Gasteiger partial charge is 0.360 e. The molecule has 3 rings (SSSR count). The van der Waals surface area contributed by atoms with Gasteiger partial charge < -0.3 is 10.2 Å². The monoisotopic (exact) mass is 286 g/mol. The lowest BCUT2D eigenvalue weighted by Crippen LogP contribution is -2.34. The van der Waals surface area contributed by atoms with Gasteiger partial charge in [-0.25, -0.2) is 0 Å². The van der Waals surface area contributed by atoms with Crippen LogP contribution in [0.15, 0.2) is 41.8 Å². The molecular weight excluding hydrogens is 264 g/mol. The number of hydrogen-bond donors (Lipinski definition) is 1. The Morgan fingerprint density at radius 1 is 1.30 bits per heavy atom. The predicted molar refractivity (Wildman–Crippen MR) is 87.7 cm³/mol. The molecule has 1 aromatic carbocycles. The van der Waals surface area contributed by atoms with Gasteiger partial charge >= 0.3 is 0 Å². The summed E-state index contributed by atoms with van der Waals surface area (Å²) in [7, 11) is 2.03. The van der Waals surface area contributed by atoms with Crippen molar-refractivity contribution in [2.45, 2.75) is 31.8 Å². The molecule has 2 nitrogen and oxygen atoms in total. The normalized spacial score (nSPS) is 19.1. The molecule has 1 aliphatic heterocycles. The first-order valence-corrected chi connectivity index (χ1v) is 8.23. The van der Waals surface area contributed by atoms with E-state index >= 15 is 0 Å². The number of nitrogens with zero attached hydrogens (tertiary/aromatic N) is 1. The lowest BCUT2D eigenvalue weighted by Gasteiger charge is -2.34. The fourth-order valence-corrected chi connectivity index (χ4v) is 4.10. The zero-order chi connectivity index (χ0) is 13.9. The van der Waals surface area contributed by atoms with Crippen LogP contribution in [-0.2, 0) is 6.42 Å². The van der Waals surface area contributed by atoms with E-state index in [-0.39, 0.29) is 0 Å². The lowest BCUT2D eigenvalue weighted by atomic mass is 10.1. The van der Waals surface area contributed by atoms with Crippen LogP contribution in [0.3, 0.4) is 0 Å². The van der Waals surface area contributed by atoms with Crippen LogP contribution in [0.5, 0.6) is 0 Å². The van der Waals surface area contributed by atoms with E-state index in [4.69, 9.17) is 0 Å². The van der Waals surface area contributed by atoms with Crippen LogP contribution in [0.1, 0.15) is 29.8 Å². The number of anilines is 1. The average Bonchev–Trinajstić information content (AvgIpc) is 3.08. The molecule has 1 N–H and O–H groups in total. The third-order valence-electron chi connectivity index (χ3n) is 4.14. The van der Waals surface area contributed by atoms with Gasteiger partial charge in [0.15, 0.2) is 0 Å². The number of rotatable bonds is 5. The first-order chi connectivity index (χ1) is 9.81. The predicted octanol–water partition coefficient (Wildman–Crippen LogP) is 3.85. The Morgan fingerprint density at radius 2 is 2.15 bits per heavy atom. The van der Waals surface area contributed by atoms with E-state index in [0.717, 1.165) is 19.4 Å². The summed E-state index contributed by atoms with van der Waals surface area (Å²) in [6.45, 7) is 3.40. The Bertz CT molecular complexity index is 550. The van der Waals surface area contributed by atoms with E-state index in [9.17, 15) is 0 Å². The molecule has 0 fully saturated rings. The molecular formula is C17H22N2S. The maximum Gasteiger partial charge on any atom is 0.0650 e. The number of thiophene rings is 1. The first kappa shape index (κ1) is 13.7. The number of para-hydroxylation sites is 1. The van der Waals surface area contributed by atoms with Crippen LogP contribution in [0.2, 0.25) is 0 Å². The van der Waals surface area contributed by atoms with Crippen molar-refractivity contribution in [3.63, 3.8) is 0 Å². The Labute approximate surface area is 125 Å². The van der Waals surface area contributed by atoms with E-state index in [1.165, 1.54) is 16.1 Å². The van der Waals surface area contributed by atoms with Gasteiger partial charge in [-0.2, -0.15) is 0 Å². The Balaban J connectivity index is 1.94. The molecule has 2 aromatic rings. The third-order valence-corrected chi connectivity index (χ3v) is 5.11. The van der Waals surface area contributed by atoms with E-state index in [1.807, 2.05) is 18.4 Å². The van der Waals surface area contributed by atoms with Crippen molar-refractivity contribution >= 4 is 17.0 Å². The molecule has 1 aliphatic rings. The second kappa shape index (κ2) is 5.98. The number of fused-ring (bicyclic) bond motifs is 1. The molecule has 0 aliphatic carbocycles. The van der Waals surface area contributed by atoms with Gasteiger partial charge in [0.1, 0.15) is 0 Å². The third kappa shape index (κ3) is 2.48. The van der Waals surface area contributed by atoms with Gasteiger partial charge in [0.2, 0.25) is 0 Å². The summed E-state index contributed by atoms with van der Waals surface area (Å²) in [5.74, 6) is 0. The molecule has 0 spiro atoms. The standard InChI is InChI=1S/C17H22N2S/c1-13-12-14-6-3-4-7-15(14)19(13)16(9-10-18-2)17-8-5-11-20-17/h3-8,11,13,16,18H,9-10,12H2,1-2H3/t13-,16?/m0/s1. The van der Waals surface area contributed by atoms with Crippen LogP contribution in [-0.4, -0.2) is 19.6 Å². The van der Waals surface area contributed by atoms with Crippen LogP contribution in [0.4, 0.5) is 5.69 Å². The summed E-state index contributed by atoms with van der Waals surface area (Å²) >= 11 is 1.88. The first-order valence-electron chi connectivity index (χ1n) is 7.35. The van der Waals surface area contributed by atoms with Gasteiger partial charge in [0.25, 0.3) is 0 Å². The molecule has 0 radical (unpaired) electrons. The highest BCUT2D eigenvalue weighted by Gasteiger charge is 2.32. The Morgan fingerprint density at radius 3 is 2.90 bits per heavy atom. The molecule has 1 aromatic heterocycles. The average molecular weight is 286 g/mol. The van der Waals surface area contributed by atoms with Crippen molar-refractivity contribution in [2.24, 2.45) is 0 Å². The van der Waals surface area contributed by atoms with E-state index in [2.05, 4.69) is 58.9 Å². The summed E-state index contributed by atoms with van der Waals surface area (Å²) in [6, 6.07) is 14.4. The second-order valence-electron chi connectivity index (χ2n) is 5.51. The van der Waals surface area contributed by atoms with Gasteiger partial charge in [-0.1, -0.05) is 24.3 Å². The quantitative estimate of drug-likeness (QED) is 0.898. The molecule has 0 saturated heterocycles. The topological polar surface area (TPSA) is 15.3 Å². The Hall–Kier alpha value is -1.32. The minimum Gasteiger partial charge on any atom is -0.360 e. The van der Waals surface area contributed by atoms with Gasteiger partial charge in [-0.05, 0) is 56.4 Å². The van der Waals surface area contributed by atoms with Crippen LogP contribution >= 0.6 is 11.3 Å². The summed E-state index contributed by atoms with van der Waals surface area (Å²) in [5, 5.41) is 5.49. The highest BCUT2D eigenvalue weighted by molar-refractivity contribution is 7.10. The van der Waals surface area contributed by atoms with Gasteiger partial charge in [-0.3, -0.25) is 0 Å². The van der Waals surface area contributed by atoms with Crippen molar-refractivity contribution in [2.75, 3.05) is 18.5 Å². The fourth-order valence-electron chi connectivity index (χ4n) is 3.24. The zero-order valence-corrected chi connectivity index (χ0v) is 13.0. The summed E-state index contributed by atoms with van der Waals surface area (Å²) in [6.07, 6.45) is 2.31. The maximum atomic E-state index is 3.30. The van der Waals surface area contributed by atoms with Crippen molar-refractivity contribution < 1.29 is 0 Å². The van der Waals surface area contributed by atoms with Crippen molar-refractivity contribution in [3.8, 4) is 0 Å². The highest BCUT2D eigenvalue weighted by atomic mass is 32.1. The number of hydrogen-bond acceptors (Lipinski definition) is 3. The van der Waals surface area contributed by atoms with Crippen molar-refractivity contribution in [1.29, 1.82) is 0 Å². The summed E-state index contributed by atoms with van der Waals surface area (Å²) in [4.78, 5) is 4.10. The second-order valence-corrected chi connectivity index (χ2v) is 6.49. The summed E-state index contributed by atoms with van der Waals surface area (Å²) < 4.78 is 0. The van der Waals surface area contributed by atoms with Crippen LogP contribution < -0.4 is 10.2 Å². The van der Waals surface area contributed by atoms with Crippen LogP contribution in [0.25, 0.3) is 0 Å².